The van der Waals surface area contributed by atoms with Crippen LogP contribution in [-0.4, -0.2) is 47.2 Å². The van der Waals surface area contributed by atoms with E-state index in [1.807, 2.05) is 0 Å². The highest BCUT2D eigenvalue weighted by Crippen LogP contribution is 2.46. The molecule has 8 heteroatoms. The Kier molecular flexibility index (Phi) is 5.25. The summed E-state index contributed by atoms with van der Waals surface area (Å²) in [5.41, 5.74) is -0.0998. The number of aliphatic hydroxyl groups is 1. The lowest BCUT2D eigenvalue weighted by atomic mass is 9.66. The number of rotatable bonds is 5. The standard InChI is InChI=1S/C20H26N2O6/c1-10(2)28-19(24)17-15(11-6-7-13(26-4)14(8-11)27-5)16-12(9-20(17,3)25)21-22-18(16)23/h6-8,10,15,17,25H,9H2,1-5H3,(H2,21,22,23)/t15-,17+,20-/m1/s1. The normalized spacial score (nSPS) is 24.0. The number of nitrogens with one attached hydrogen (secondary N) is 2. The highest BCUT2D eigenvalue weighted by atomic mass is 16.5. The summed E-state index contributed by atoms with van der Waals surface area (Å²) in [6.07, 6.45) is -0.219. The van der Waals surface area contributed by atoms with Gasteiger partial charge in [0.2, 0.25) is 0 Å². The molecule has 0 saturated carbocycles. The number of aromatic amines is 2. The maximum Gasteiger partial charge on any atom is 0.313 e. The summed E-state index contributed by atoms with van der Waals surface area (Å²) >= 11 is 0. The van der Waals surface area contributed by atoms with E-state index >= 15 is 0 Å². The molecule has 0 aliphatic heterocycles. The molecular formula is C20H26N2O6. The van der Waals surface area contributed by atoms with Crippen LogP contribution in [0.1, 0.15) is 43.5 Å². The minimum Gasteiger partial charge on any atom is -0.493 e. The van der Waals surface area contributed by atoms with Crippen molar-refractivity contribution in [1.29, 1.82) is 0 Å². The first-order valence-electron chi connectivity index (χ1n) is 9.13. The molecule has 0 unspecified atom stereocenters. The van der Waals surface area contributed by atoms with E-state index in [-0.39, 0.29) is 18.1 Å². The fraction of sp³-hybridized carbons (Fsp3) is 0.500. The molecule has 1 aromatic heterocycles. The maximum absolute atomic E-state index is 13.0. The molecule has 3 atom stereocenters. The molecule has 8 nitrogen and oxygen atoms in total. The van der Waals surface area contributed by atoms with Gasteiger partial charge in [0.15, 0.2) is 11.5 Å². The minimum absolute atomic E-state index is 0.128. The van der Waals surface area contributed by atoms with Gasteiger partial charge in [-0.1, -0.05) is 6.07 Å². The second-order valence-electron chi connectivity index (χ2n) is 7.56. The quantitative estimate of drug-likeness (QED) is 0.670. The van der Waals surface area contributed by atoms with Crippen LogP contribution in [0, 0.1) is 5.92 Å². The zero-order valence-electron chi connectivity index (χ0n) is 16.7. The van der Waals surface area contributed by atoms with Crippen LogP contribution in [0.25, 0.3) is 0 Å². The highest BCUT2D eigenvalue weighted by molar-refractivity contribution is 5.77. The lowest BCUT2D eigenvalue weighted by Crippen LogP contribution is -2.50. The zero-order valence-corrected chi connectivity index (χ0v) is 16.7. The first-order valence-corrected chi connectivity index (χ1v) is 9.13. The van der Waals surface area contributed by atoms with Crippen molar-refractivity contribution in [3.05, 3.63) is 45.4 Å². The van der Waals surface area contributed by atoms with Crippen molar-refractivity contribution in [2.75, 3.05) is 14.2 Å². The monoisotopic (exact) mass is 390 g/mol. The van der Waals surface area contributed by atoms with Crippen molar-refractivity contribution >= 4 is 5.97 Å². The molecule has 0 amide bonds. The van der Waals surface area contributed by atoms with Crippen molar-refractivity contribution in [1.82, 2.24) is 10.2 Å². The molecule has 2 aromatic rings. The number of methoxy groups -OCH3 is 2. The molecule has 0 saturated heterocycles. The fourth-order valence-electron chi connectivity index (χ4n) is 3.97. The van der Waals surface area contributed by atoms with Gasteiger partial charge < -0.3 is 24.4 Å². The van der Waals surface area contributed by atoms with Gasteiger partial charge in [-0.15, -0.1) is 0 Å². The number of esters is 1. The Morgan fingerprint density at radius 2 is 1.89 bits per heavy atom. The molecule has 0 spiro atoms. The summed E-state index contributed by atoms with van der Waals surface area (Å²) in [6, 6.07) is 5.19. The molecule has 1 aliphatic carbocycles. The van der Waals surface area contributed by atoms with Crippen LogP contribution in [-0.2, 0) is 16.0 Å². The molecular weight excluding hydrogens is 364 g/mol. The van der Waals surface area contributed by atoms with E-state index in [1.165, 1.54) is 14.2 Å². The molecule has 3 rings (SSSR count). The Hall–Kier alpha value is -2.74. The summed E-state index contributed by atoms with van der Waals surface area (Å²) in [6.45, 7) is 5.08. The van der Waals surface area contributed by atoms with Crippen LogP contribution in [0.3, 0.4) is 0 Å². The Balaban J connectivity index is 2.21. The number of carbonyl (C=O) groups is 1. The van der Waals surface area contributed by atoms with Gasteiger partial charge >= 0.3 is 5.97 Å². The van der Waals surface area contributed by atoms with E-state index in [0.717, 1.165) is 0 Å². The van der Waals surface area contributed by atoms with Crippen LogP contribution in [0.2, 0.25) is 0 Å². The Bertz CT molecular complexity index is 927. The molecule has 0 fully saturated rings. The van der Waals surface area contributed by atoms with E-state index in [0.29, 0.717) is 28.3 Å². The largest absolute Gasteiger partial charge is 0.493 e. The van der Waals surface area contributed by atoms with Crippen LogP contribution in [0.15, 0.2) is 23.0 Å². The van der Waals surface area contributed by atoms with Crippen LogP contribution >= 0.6 is 0 Å². The molecule has 3 N–H and O–H groups in total. The molecule has 1 heterocycles. The van der Waals surface area contributed by atoms with Gasteiger partial charge in [0, 0.05) is 23.6 Å². The van der Waals surface area contributed by atoms with Crippen molar-refractivity contribution in [3.8, 4) is 11.5 Å². The molecule has 0 radical (unpaired) electrons. The lowest BCUT2D eigenvalue weighted by Gasteiger charge is -2.40. The van der Waals surface area contributed by atoms with Crippen molar-refractivity contribution in [3.63, 3.8) is 0 Å². The molecule has 1 aliphatic rings. The van der Waals surface area contributed by atoms with E-state index < -0.39 is 23.4 Å². The van der Waals surface area contributed by atoms with Crippen molar-refractivity contribution in [2.45, 2.75) is 44.8 Å². The van der Waals surface area contributed by atoms with Crippen LogP contribution in [0.4, 0.5) is 0 Å². The number of H-pyrrole nitrogens is 2. The average Bonchev–Trinajstić information content (AvgIpc) is 2.98. The molecule has 152 valence electrons. The topological polar surface area (TPSA) is 114 Å². The number of ether oxygens (including phenoxy) is 3. The molecule has 1 aromatic carbocycles. The summed E-state index contributed by atoms with van der Waals surface area (Å²) in [4.78, 5) is 25.5. The van der Waals surface area contributed by atoms with Gasteiger partial charge in [0.1, 0.15) is 0 Å². The van der Waals surface area contributed by atoms with Crippen molar-refractivity contribution in [2.24, 2.45) is 5.92 Å². The summed E-state index contributed by atoms with van der Waals surface area (Å²) in [5.74, 6) is -1.23. The van der Waals surface area contributed by atoms with Gasteiger partial charge in [0.25, 0.3) is 5.56 Å². The fourth-order valence-corrected chi connectivity index (χ4v) is 3.97. The summed E-state index contributed by atoms with van der Waals surface area (Å²) < 4.78 is 16.1. The number of hydrogen-bond donors (Lipinski definition) is 3. The van der Waals surface area contributed by atoms with Crippen LogP contribution < -0.4 is 15.0 Å². The van der Waals surface area contributed by atoms with E-state index in [1.54, 1.807) is 39.0 Å². The predicted molar refractivity (Wildman–Crippen MR) is 102 cm³/mol. The minimum atomic E-state index is -1.41. The predicted octanol–water partition coefficient (Wildman–Crippen LogP) is 1.73. The summed E-state index contributed by atoms with van der Waals surface area (Å²) in [7, 11) is 3.04. The Labute approximate surface area is 162 Å². The van der Waals surface area contributed by atoms with Crippen LogP contribution in [0.5, 0.6) is 11.5 Å². The third-order valence-corrected chi connectivity index (χ3v) is 5.12. The number of fused-ring (bicyclic) bond motifs is 1. The lowest BCUT2D eigenvalue weighted by molar-refractivity contribution is -0.163. The zero-order chi connectivity index (χ0) is 20.6. The van der Waals surface area contributed by atoms with Gasteiger partial charge in [0.05, 0.1) is 31.8 Å². The summed E-state index contributed by atoms with van der Waals surface area (Å²) in [5, 5.41) is 16.5. The second-order valence-corrected chi connectivity index (χ2v) is 7.56. The third kappa shape index (κ3) is 3.40. The van der Waals surface area contributed by atoms with Gasteiger partial charge in [-0.25, -0.2) is 0 Å². The molecule has 28 heavy (non-hydrogen) atoms. The number of carbonyl (C=O) groups excluding carboxylic acids is 1. The highest BCUT2D eigenvalue weighted by Gasteiger charge is 2.51. The van der Waals surface area contributed by atoms with Gasteiger partial charge in [-0.2, -0.15) is 0 Å². The van der Waals surface area contributed by atoms with E-state index in [9.17, 15) is 14.7 Å². The number of benzene rings is 1. The second kappa shape index (κ2) is 7.35. The first kappa shape index (κ1) is 20.0. The smallest absolute Gasteiger partial charge is 0.313 e. The first-order chi connectivity index (χ1) is 13.2. The maximum atomic E-state index is 13.0. The average molecular weight is 390 g/mol. The number of aromatic nitrogens is 2. The van der Waals surface area contributed by atoms with E-state index in [4.69, 9.17) is 14.2 Å². The third-order valence-electron chi connectivity index (χ3n) is 5.12. The van der Waals surface area contributed by atoms with Crippen molar-refractivity contribution < 1.29 is 24.1 Å². The van der Waals surface area contributed by atoms with Gasteiger partial charge in [-0.05, 0) is 38.5 Å². The van der Waals surface area contributed by atoms with Gasteiger partial charge in [-0.3, -0.25) is 14.7 Å². The SMILES string of the molecule is COc1ccc([C@@H]2c3c([nH][nH]c3=O)C[C@@](C)(O)[C@@H]2C(=O)OC(C)C)cc1OC. The van der Waals surface area contributed by atoms with E-state index in [2.05, 4.69) is 10.2 Å². The number of hydrogen-bond acceptors (Lipinski definition) is 6. The Morgan fingerprint density at radius 1 is 1.21 bits per heavy atom. The molecule has 0 bridgehead atoms. The Morgan fingerprint density at radius 3 is 2.50 bits per heavy atom.